The van der Waals surface area contributed by atoms with Crippen molar-refractivity contribution in [2.75, 3.05) is 6.79 Å². The van der Waals surface area contributed by atoms with E-state index in [0.29, 0.717) is 6.04 Å². The second-order valence-corrected chi connectivity index (χ2v) is 7.49. The molecule has 1 amide bonds. The van der Waals surface area contributed by atoms with Gasteiger partial charge in [0.15, 0.2) is 11.5 Å². The van der Waals surface area contributed by atoms with Gasteiger partial charge in [-0.15, -0.1) is 0 Å². The summed E-state index contributed by atoms with van der Waals surface area (Å²) in [6.45, 7) is 0.275. The minimum Gasteiger partial charge on any atom is -0.454 e. The van der Waals surface area contributed by atoms with E-state index in [0.717, 1.165) is 47.5 Å². The van der Waals surface area contributed by atoms with Crippen LogP contribution in [0.3, 0.4) is 0 Å². The lowest BCUT2D eigenvalue weighted by molar-refractivity contribution is 0.0473. The van der Waals surface area contributed by atoms with Crippen molar-refractivity contribution in [3.63, 3.8) is 0 Å². The number of amides is 1. The van der Waals surface area contributed by atoms with Gasteiger partial charge in [0.1, 0.15) is 0 Å². The van der Waals surface area contributed by atoms with Gasteiger partial charge in [-0.1, -0.05) is 43.5 Å². The van der Waals surface area contributed by atoms with E-state index in [9.17, 15) is 4.79 Å². The fourth-order valence-electron chi connectivity index (χ4n) is 4.67. The maximum absolute atomic E-state index is 13.4. The minimum absolute atomic E-state index is 0.0648. The molecule has 1 atom stereocenters. The molecule has 1 unspecified atom stereocenters. The van der Waals surface area contributed by atoms with Crippen LogP contribution in [0.1, 0.15) is 59.6 Å². The van der Waals surface area contributed by atoms with E-state index in [1.807, 2.05) is 24.3 Å². The summed E-state index contributed by atoms with van der Waals surface area (Å²) in [4.78, 5) is 15.6. The predicted octanol–water partition coefficient (Wildman–Crippen LogP) is 4.49. The Kier molecular flexibility index (Phi) is 3.84. The van der Waals surface area contributed by atoms with Crippen molar-refractivity contribution in [1.82, 2.24) is 4.90 Å². The van der Waals surface area contributed by atoms with Crippen molar-refractivity contribution >= 4 is 5.91 Å². The van der Waals surface area contributed by atoms with Crippen LogP contribution < -0.4 is 9.47 Å². The number of carbonyl (C=O) groups is 1. The molecule has 1 fully saturated rings. The smallest absolute Gasteiger partial charge is 0.254 e. The Morgan fingerprint density at radius 2 is 1.73 bits per heavy atom. The summed E-state index contributed by atoms with van der Waals surface area (Å²) in [6.07, 6.45) is 6.78. The van der Waals surface area contributed by atoms with Crippen LogP contribution in [0.25, 0.3) is 0 Å². The fraction of sp³-hybridized carbons (Fsp3) is 0.409. The highest BCUT2D eigenvalue weighted by Gasteiger charge is 2.38. The van der Waals surface area contributed by atoms with Gasteiger partial charge in [0.2, 0.25) is 6.79 Å². The molecule has 0 bridgehead atoms. The number of carbonyl (C=O) groups excluding carboxylic acids is 1. The third kappa shape index (κ3) is 2.56. The molecular formula is C22H23NO3. The number of rotatable bonds is 2. The lowest BCUT2D eigenvalue weighted by atomic mass is 9.85. The van der Waals surface area contributed by atoms with Gasteiger partial charge in [0.05, 0.1) is 6.04 Å². The molecule has 2 aromatic rings. The summed E-state index contributed by atoms with van der Waals surface area (Å²) in [6, 6.07) is 14.6. The molecule has 2 aromatic carbocycles. The first-order valence-electron chi connectivity index (χ1n) is 9.61. The van der Waals surface area contributed by atoms with Crippen molar-refractivity contribution in [1.29, 1.82) is 0 Å². The van der Waals surface area contributed by atoms with Gasteiger partial charge in [-0.05, 0) is 48.6 Å². The van der Waals surface area contributed by atoms with Crippen LogP contribution in [0, 0.1) is 0 Å². The summed E-state index contributed by atoms with van der Waals surface area (Å²) >= 11 is 0. The Hall–Kier alpha value is -2.49. The zero-order valence-electron chi connectivity index (χ0n) is 14.8. The number of nitrogens with zero attached hydrogens (tertiary/aromatic N) is 1. The maximum atomic E-state index is 13.4. The molecule has 3 aliphatic rings. The quantitative estimate of drug-likeness (QED) is 0.802. The third-order valence-electron chi connectivity index (χ3n) is 5.98. The topological polar surface area (TPSA) is 38.8 Å². The minimum atomic E-state index is 0.0648. The van der Waals surface area contributed by atoms with E-state index < -0.39 is 0 Å². The Bertz CT molecular complexity index is 841. The van der Waals surface area contributed by atoms with Crippen LogP contribution in [-0.4, -0.2) is 23.6 Å². The van der Waals surface area contributed by atoms with Crippen molar-refractivity contribution in [2.45, 2.75) is 50.6 Å². The molecule has 0 spiro atoms. The Morgan fingerprint density at radius 3 is 2.62 bits per heavy atom. The van der Waals surface area contributed by atoms with Crippen molar-refractivity contribution in [3.8, 4) is 11.5 Å². The lowest BCUT2D eigenvalue weighted by Crippen LogP contribution is -2.47. The number of ether oxygens (including phenoxy) is 2. The van der Waals surface area contributed by atoms with Crippen molar-refractivity contribution in [2.24, 2.45) is 0 Å². The van der Waals surface area contributed by atoms with Crippen LogP contribution in [0.4, 0.5) is 0 Å². The predicted molar refractivity (Wildman–Crippen MR) is 98.5 cm³/mol. The van der Waals surface area contributed by atoms with E-state index in [-0.39, 0.29) is 18.7 Å². The first-order chi connectivity index (χ1) is 12.8. The van der Waals surface area contributed by atoms with Gasteiger partial charge in [-0.2, -0.15) is 0 Å². The lowest BCUT2D eigenvalue weighted by Gasteiger charge is -2.43. The van der Waals surface area contributed by atoms with Gasteiger partial charge >= 0.3 is 0 Å². The van der Waals surface area contributed by atoms with E-state index in [1.165, 1.54) is 19.3 Å². The molecule has 5 rings (SSSR count). The summed E-state index contributed by atoms with van der Waals surface area (Å²) < 4.78 is 11.0. The standard InChI is InChI=1S/C22H23NO3/c24-22-18-9-5-4-6-15(18)12-19(23(22)17-7-2-1-3-8-17)16-10-11-20-21(13-16)26-14-25-20/h4-6,9-11,13,17,19H,1-3,7-8,12,14H2. The summed E-state index contributed by atoms with van der Waals surface area (Å²) in [5, 5.41) is 0. The highest BCUT2D eigenvalue weighted by Crippen LogP contribution is 2.41. The zero-order valence-corrected chi connectivity index (χ0v) is 14.8. The van der Waals surface area contributed by atoms with E-state index in [1.54, 1.807) is 0 Å². The number of fused-ring (bicyclic) bond motifs is 2. The summed E-state index contributed by atoms with van der Waals surface area (Å²) in [5.74, 6) is 1.76. The molecule has 2 aliphatic heterocycles. The molecule has 2 heterocycles. The van der Waals surface area contributed by atoms with Crippen LogP contribution in [-0.2, 0) is 6.42 Å². The van der Waals surface area contributed by atoms with Crippen LogP contribution >= 0.6 is 0 Å². The van der Waals surface area contributed by atoms with E-state index in [2.05, 4.69) is 23.1 Å². The third-order valence-corrected chi connectivity index (χ3v) is 5.98. The second-order valence-electron chi connectivity index (χ2n) is 7.49. The highest BCUT2D eigenvalue weighted by atomic mass is 16.7. The van der Waals surface area contributed by atoms with Gasteiger partial charge in [0.25, 0.3) is 5.91 Å². The van der Waals surface area contributed by atoms with E-state index in [4.69, 9.17) is 9.47 Å². The van der Waals surface area contributed by atoms with Gasteiger partial charge < -0.3 is 14.4 Å². The zero-order chi connectivity index (χ0) is 17.5. The Balaban J connectivity index is 1.57. The maximum Gasteiger partial charge on any atom is 0.254 e. The van der Waals surface area contributed by atoms with Crippen molar-refractivity contribution < 1.29 is 14.3 Å². The van der Waals surface area contributed by atoms with Gasteiger partial charge in [-0.25, -0.2) is 0 Å². The first-order valence-corrected chi connectivity index (χ1v) is 9.61. The first kappa shape index (κ1) is 15.7. The average molecular weight is 349 g/mol. The number of hydrogen-bond acceptors (Lipinski definition) is 3. The number of hydrogen-bond donors (Lipinski definition) is 0. The molecule has 0 radical (unpaired) electrons. The molecule has 0 saturated heterocycles. The fourth-order valence-corrected chi connectivity index (χ4v) is 4.67. The summed E-state index contributed by atoms with van der Waals surface area (Å²) in [7, 11) is 0. The molecule has 1 saturated carbocycles. The second kappa shape index (κ2) is 6.35. The SMILES string of the molecule is O=C1c2ccccc2CC(c2ccc3c(c2)OCO3)N1C1CCCCC1. The average Bonchev–Trinajstić information content (AvgIpc) is 3.16. The Morgan fingerprint density at radius 1 is 0.923 bits per heavy atom. The molecule has 134 valence electrons. The van der Waals surface area contributed by atoms with Gasteiger partial charge in [-0.3, -0.25) is 4.79 Å². The molecule has 1 aliphatic carbocycles. The molecule has 26 heavy (non-hydrogen) atoms. The molecule has 4 heteroatoms. The normalized spacial score (nSPS) is 22.4. The van der Waals surface area contributed by atoms with Crippen LogP contribution in [0.15, 0.2) is 42.5 Å². The largest absolute Gasteiger partial charge is 0.454 e. The molecule has 4 nitrogen and oxygen atoms in total. The van der Waals surface area contributed by atoms with Crippen molar-refractivity contribution in [3.05, 3.63) is 59.2 Å². The van der Waals surface area contributed by atoms with Crippen LogP contribution in [0.5, 0.6) is 11.5 Å². The molecular weight excluding hydrogens is 326 g/mol. The van der Waals surface area contributed by atoms with Crippen LogP contribution in [0.2, 0.25) is 0 Å². The Labute approximate surface area is 153 Å². The van der Waals surface area contributed by atoms with E-state index >= 15 is 0 Å². The highest BCUT2D eigenvalue weighted by molar-refractivity contribution is 5.97. The molecule has 0 N–H and O–H groups in total. The monoisotopic (exact) mass is 349 g/mol. The molecule has 0 aromatic heterocycles. The summed E-state index contributed by atoms with van der Waals surface area (Å²) in [5.41, 5.74) is 3.16. The van der Waals surface area contributed by atoms with Gasteiger partial charge in [0, 0.05) is 11.6 Å². The number of benzene rings is 2.